The number of fused-ring (bicyclic) bond motifs is 1. The van der Waals surface area contributed by atoms with Crippen LogP contribution in [0.4, 0.5) is 0 Å². The molecule has 1 aromatic carbocycles. The lowest BCUT2D eigenvalue weighted by atomic mass is 10.2. The van der Waals surface area contributed by atoms with Crippen LogP contribution in [0.3, 0.4) is 0 Å². The van der Waals surface area contributed by atoms with Gasteiger partial charge in [0.05, 0.1) is 11.8 Å². The molecule has 1 aromatic heterocycles. The van der Waals surface area contributed by atoms with Crippen molar-refractivity contribution in [2.24, 2.45) is 0 Å². The SMILES string of the molecule is CCS(=O)(=O)CCN[C@H](C)c1cc2cc(Cl)ccc2o1. The van der Waals surface area contributed by atoms with Crippen molar-refractivity contribution in [3.8, 4) is 0 Å². The van der Waals surface area contributed by atoms with Crippen LogP contribution in [0.5, 0.6) is 0 Å². The molecule has 110 valence electrons. The van der Waals surface area contributed by atoms with Crippen molar-refractivity contribution >= 4 is 32.4 Å². The maximum absolute atomic E-state index is 11.4. The van der Waals surface area contributed by atoms with Gasteiger partial charge < -0.3 is 9.73 Å². The lowest BCUT2D eigenvalue weighted by molar-refractivity contribution is 0.459. The zero-order valence-corrected chi connectivity index (χ0v) is 13.1. The van der Waals surface area contributed by atoms with Crippen LogP contribution in [0.15, 0.2) is 28.7 Å². The van der Waals surface area contributed by atoms with Crippen molar-refractivity contribution in [1.82, 2.24) is 5.32 Å². The van der Waals surface area contributed by atoms with Gasteiger partial charge in [-0.05, 0) is 31.2 Å². The zero-order valence-electron chi connectivity index (χ0n) is 11.5. The number of benzene rings is 1. The minimum Gasteiger partial charge on any atom is -0.459 e. The Morgan fingerprint density at radius 1 is 1.35 bits per heavy atom. The number of hydrogen-bond acceptors (Lipinski definition) is 4. The first-order valence-electron chi connectivity index (χ1n) is 6.54. The first-order chi connectivity index (χ1) is 9.41. The molecule has 0 aliphatic heterocycles. The van der Waals surface area contributed by atoms with Gasteiger partial charge in [0.25, 0.3) is 0 Å². The first-order valence-corrected chi connectivity index (χ1v) is 8.74. The summed E-state index contributed by atoms with van der Waals surface area (Å²) in [5, 5.41) is 4.77. The molecule has 0 unspecified atom stereocenters. The third-order valence-electron chi connectivity index (χ3n) is 3.23. The summed E-state index contributed by atoms with van der Waals surface area (Å²) < 4.78 is 28.6. The van der Waals surface area contributed by atoms with Gasteiger partial charge in [-0.2, -0.15) is 0 Å². The molecule has 0 aliphatic carbocycles. The molecule has 4 nitrogen and oxygen atoms in total. The highest BCUT2D eigenvalue weighted by atomic mass is 35.5. The van der Waals surface area contributed by atoms with E-state index in [1.54, 1.807) is 13.0 Å². The summed E-state index contributed by atoms with van der Waals surface area (Å²) in [5.41, 5.74) is 0.777. The van der Waals surface area contributed by atoms with Gasteiger partial charge in [-0.25, -0.2) is 8.42 Å². The molecule has 20 heavy (non-hydrogen) atoms. The molecule has 0 spiro atoms. The van der Waals surface area contributed by atoms with Crippen LogP contribution < -0.4 is 5.32 Å². The lowest BCUT2D eigenvalue weighted by Gasteiger charge is -2.10. The number of rotatable bonds is 6. The van der Waals surface area contributed by atoms with Crippen molar-refractivity contribution in [3.05, 3.63) is 35.0 Å². The molecule has 1 heterocycles. The standard InChI is InChI=1S/C14H18ClNO3S/c1-3-20(17,18)7-6-16-10(2)14-9-11-8-12(15)4-5-13(11)19-14/h4-5,8-10,16H,3,6-7H2,1-2H3/t10-/m1/s1. The minimum absolute atomic E-state index is 0.0479. The zero-order chi connectivity index (χ0) is 14.8. The first kappa shape index (κ1) is 15.4. The average molecular weight is 316 g/mol. The second-order valence-electron chi connectivity index (χ2n) is 4.74. The summed E-state index contributed by atoms with van der Waals surface area (Å²) in [7, 11) is -2.94. The molecule has 0 saturated carbocycles. The van der Waals surface area contributed by atoms with E-state index in [0.29, 0.717) is 11.6 Å². The highest BCUT2D eigenvalue weighted by Gasteiger charge is 2.13. The Hall–Kier alpha value is -1.04. The Morgan fingerprint density at radius 3 is 2.80 bits per heavy atom. The molecule has 0 saturated heterocycles. The van der Waals surface area contributed by atoms with Crippen molar-refractivity contribution in [2.45, 2.75) is 19.9 Å². The van der Waals surface area contributed by atoms with Crippen LogP contribution in [0, 0.1) is 0 Å². The van der Waals surface area contributed by atoms with Gasteiger partial charge in [0.2, 0.25) is 0 Å². The Kier molecular flexibility index (Phi) is 4.73. The maximum Gasteiger partial charge on any atom is 0.151 e. The van der Waals surface area contributed by atoms with Crippen LogP contribution in [0.25, 0.3) is 11.0 Å². The number of halogens is 1. The van der Waals surface area contributed by atoms with Crippen molar-refractivity contribution in [2.75, 3.05) is 18.1 Å². The molecule has 2 rings (SSSR count). The van der Waals surface area contributed by atoms with Gasteiger partial charge in [0.1, 0.15) is 11.3 Å². The van der Waals surface area contributed by atoms with E-state index in [4.69, 9.17) is 16.0 Å². The summed E-state index contributed by atoms with van der Waals surface area (Å²) in [6, 6.07) is 7.33. The Labute approximate surface area is 124 Å². The summed E-state index contributed by atoms with van der Waals surface area (Å²) in [6.45, 7) is 4.01. The van der Waals surface area contributed by atoms with E-state index in [1.165, 1.54) is 0 Å². The van der Waals surface area contributed by atoms with E-state index in [9.17, 15) is 8.42 Å². The highest BCUT2D eigenvalue weighted by Crippen LogP contribution is 2.26. The molecular weight excluding hydrogens is 298 g/mol. The average Bonchev–Trinajstić information content (AvgIpc) is 2.81. The van der Waals surface area contributed by atoms with E-state index in [2.05, 4.69) is 5.32 Å². The second-order valence-corrected chi connectivity index (χ2v) is 7.65. The highest BCUT2D eigenvalue weighted by molar-refractivity contribution is 7.91. The van der Waals surface area contributed by atoms with E-state index >= 15 is 0 Å². The van der Waals surface area contributed by atoms with Gasteiger partial charge >= 0.3 is 0 Å². The summed E-state index contributed by atoms with van der Waals surface area (Å²) in [6.07, 6.45) is 0. The summed E-state index contributed by atoms with van der Waals surface area (Å²) in [4.78, 5) is 0. The number of hydrogen-bond donors (Lipinski definition) is 1. The molecule has 0 fully saturated rings. The molecule has 0 bridgehead atoms. The van der Waals surface area contributed by atoms with Gasteiger partial charge in [0, 0.05) is 22.7 Å². The Balaban J connectivity index is 2.02. The molecule has 1 N–H and O–H groups in total. The molecule has 6 heteroatoms. The predicted octanol–water partition coefficient (Wildman–Crippen LogP) is 3.17. The third kappa shape index (κ3) is 3.75. The lowest BCUT2D eigenvalue weighted by Crippen LogP contribution is -2.26. The topological polar surface area (TPSA) is 59.3 Å². The van der Waals surface area contributed by atoms with Crippen molar-refractivity contribution in [1.29, 1.82) is 0 Å². The minimum atomic E-state index is -2.94. The number of sulfone groups is 1. The predicted molar refractivity (Wildman–Crippen MR) is 82.0 cm³/mol. The number of nitrogens with one attached hydrogen (secondary N) is 1. The van der Waals surface area contributed by atoms with Crippen molar-refractivity contribution < 1.29 is 12.8 Å². The van der Waals surface area contributed by atoms with E-state index in [0.717, 1.165) is 16.7 Å². The molecular formula is C14H18ClNO3S. The largest absolute Gasteiger partial charge is 0.459 e. The molecule has 0 radical (unpaired) electrons. The molecule has 0 aliphatic rings. The number of furan rings is 1. The fourth-order valence-electron chi connectivity index (χ4n) is 1.92. The van der Waals surface area contributed by atoms with E-state index in [-0.39, 0.29) is 17.5 Å². The normalized spacial score (nSPS) is 13.8. The smallest absolute Gasteiger partial charge is 0.151 e. The molecule has 0 amide bonds. The molecule has 1 atom stereocenters. The van der Waals surface area contributed by atoms with Crippen LogP contribution in [-0.4, -0.2) is 26.5 Å². The Bertz CT molecular complexity index is 694. The van der Waals surface area contributed by atoms with Crippen molar-refractivity contribution in [3.63, 3.8) is 0 Å². The van der Waals surface area contributed by atoms with Gasteiger partial charge in [-0.15, -0.1) is 0 Å². The van der Waals surface area contributed by atoms with Gasteiger partial charge in [0.15, 0.2) is 9.84 Å². The van der Waals surface area contributed by atoms with Crippen LogP contribution in [0.2, 0.25) is 5.02 Å². The summed E-state index contributed by atoms with van der Waals surface area (Å²) >= 11 is 5.93. The van der Waals surface area contributed by atoms with Gasteiger partial charge in [-0.1, -0.05) is 18.5 Å². The third-order valence-corrected chi connectivity index (χ3v) is 5.17. The Morgan fingerprint density at radius 2 is 2.10 bits per heavy atom. The van der Waals surface area contributed by atoms with Crippen LogP contribution in [-0.2, 0) is 9.84 Å². The molecule has 2 aromatic rings. The quantitative estimate of drug-likeness (QED) is 0.889. The van der Waals surface area contributed by atoms with Crippen LogP contribution >= 0.6 is 11.6 Å². The maximum atomic E-state index is 11.4. The fourth-order valence-corrected chi connectivity index (χ4v) is 2.82. The van der Waals surface area contributed by atoms with Crippen LogP contribution in [0.1, 0.15) is 25.6 Å². The summed E-state index contributed by atoms with van der Waals surface area (Å²) in [5.74, 6) is 1.09. The fraction of sp³-hybridized carbons (Fsp3) is 0.429. The van der Waals surface area contributed by atoms with E-state index in [1.807, 2.05) is 25.1 Å². The van der Waals surface area contributed by atoms with Gasteiger partial charge in [-0.3, -0.25) is 0 Å². The second kappa shape index (κ2) is 6.16. The van der Waals surface area contributed by atoms with E-state index < -0.39 is 9.84 Å². The monoisotopic (exact) mass is 315 g/mol.